The third-order valence-electron chi connectivity index (χ3n) is 7.42. The fourth-order valence-corrected chi connectivity index (χ4v) is 5.57. The molecule has 0 bridgehead atoms. The van der Waals surface area contributed by atoms with Crippen molar-refractivity contribution in [3.63, 3.8) is 0 Å². The SMILES string of the molecule is NCC1=CCC(c2cccc3oc4ccc(-c5ccc6ccc7ccccc7c6c5)cc4c23)C=C1. The topological polar surface area (TPSA) is 39.2 Å². The Morgan fingerprint density at radius 1 is 0.714 bits per heavy atom. The molecule has 1 aliphatic carbocycles. The molecule has 168 valence electrons. The van der Waals surface area contributed by atoms with Crippen molar-refractivity contribution in [2.45, 2.75) is 12.3 Å². The van der Waals surface area contributed by atoms with E-state index < -0.39 is 0 Å². The number of furan rings is 1. The van der Waals surface area contributed by atoms with E-state index in [1.54, 1.807) is 0 Å². The summed E-state index contributed by atoms with van der Waals surface area (Å²) in [6, 6.07) is 32.8. The van der Waals surface area contributed by atoms with Crippen LogP contribution in [0.2, 0.25) is 0 Å². The molecular weight excluding hydrogens is 426 g/mol. The third-order valence-corrected chi connectivity index (χ3v) is 7.42. The number of rotatable bonds is 3. The lowest BCUT2D eigenvalue weighted by molar-refractivity contribution is 0.668. The Labute approximate surface area is 204 Å². The van der Waals surface area contributed by atoms with Gasteiger partial charge in [-0.05, 0) is 74.5 Å². The van der Waals surface area contributed by atoms with Crippen molar-refractivity contribution >= 4 is 43.5 Å². The predicted molar refractivity (Wildman–Crippen MR) is 148 cm³/mol. The summed E-state index contributed by atoms with van der Waals surface area (Å²) in [7, 11) is 0. The number of nitrogens with two attached hydrogens (primary N) is 1. The maximum Gasteiger partial charge on any atom is 0.135 e. The molecule has 2 heteroatoms. The van der Waals surface area contributed by atoms with E-state index in [-0.39, 0.29) is 0 Å². The summed E-state index contributed by atoms with van der Waals surface area (Å²) in [6.45, 7) is 0.590. The summed E-state index contributed by atoms with van der Waals surface area (Å²) in [4.78, 5) is 0. The monoisotopic (exact) mass is 451 g/mol. The summed E-state index contributed by atoms with van der Waals surface area (Å²) in [6.07, 6.45) is 7.68. The van der Waals surface area contributed by atoms with Crippen molar-refractivity contribution in [3.05, 3.63) is 120 Å². The van der Waals surface area contributed by atoms with Gasteiger partial charge >= 0.3 is 0 Å². The van der Waals surface area contributed by atoms with E-state index in [9.17, 15) is 0 Å². The van der Waals surface area contributed by atoms with Crippen LogP contribution < -0.4 is 5.73 Å². The molecule has 35 heavy (non-hydrogen) atoms. The molecule has 0 saturated carbocycles. The standard InChI is InChI=1S/C33H25NO/c34-20-21-8-10-23(11-9-21)28-6-3-7-32-33(28)30-19-26(16-17-31(30)35-32)25-15-14-24-13-12-22-4-1-2-5-27(22)29(24)18-25/h1-10,12-19,23H,11,20,34H2. The zero-order valence-corrected chi connectivity index (χ0v) is 19.4. The molecule has 1 atom stereocenters. The van der Waals surface area contributed by atoms with Gasteiger partial charge in [0.05, 0.1) is 0 Å². The molecule has 1 heterocycles. The Balaban J connectivity index is 1.40. The van der Waals surface area contributed by atoms with Gasteiger partial charge in [0.2, 0.25) is 0 Å². The van der Waals surface area contributed by atoms with Crippen LogP contribution in [-0.2, 0) is 0 Å². The van der Waals surface area contributed by atoms with Crippen molar-refractivity contribution in [2.24, 2.45) is 5.73 Å². The van der Waals surface area contributed by atoms with Crippen LogP contribution in [0.5, 0.6) is 0 Å². The highest BCUT2D eigenvalue weighted by molar-refractivity contribution is 6.10. The van der Waals surface area contributed by atoms with E-state index in [0.29, 0.717) is 12.5 Å². The molecule has 5 aromatic carbocycles. The molecule has 0 fully saturated rings. The molecule has 0 amide bonds. The van der Waals surface area contributed by atoms with E-state index in [0.717, 1.165) is 17.6 Å². The summed E-state index contributed by atoms with van der Waals surface area (Å²) in [5.41, 5.74) is 12.7. The van der Waals surface area contributed by atoms with E-state index in [2.05, 4.69) is 109 Å². The average molecular weight is 452 g/mol. The largest absolute Gasteiger partial charge is 0.456 e. The molecule has 1 unspecified atom stereocenters. The lowest BCUT2D eigenvalue weighted by Gasteiger charge is -2.17. The van der Waals surface area contributed by atoms with Crippen LogP contribution in [0.25, 0.3) is 54.6 Å². The highest BCUT2D eigenvalue weighted by atomic mass is 16.3. The fraction of sp³-hybridized carbons (Fsp3) is 0.0909. The smallest absolute Gasteiger partial charge is 0.135 e. The number of allylic oxidation sites excluding steroid dienone is 2. The molecule has 6 aromatic rings. The second-order valence-electron chi connectivity index (χ2n) is 9.44. The van der Waals surface area contributed by atoms with E-state index in [4.69, 9.17) is 10.2 Å². The van der Waals surface area contributed by atoms with Gasteiger partial charge in [0.1, 0.15) is 11.2 Å². The van der Waals surface area contributed by atoms with Gasteiger partial charge in [-0.15, -0.1) is 0 Å². The van der Waals surface area contributed by atoms with Crippen molar-refractivity contribution in [3.8, 4) is 11.1 Å². The zero-order valence-electron chi connectivity index (χ0n) is 19.4. The molecule has 0 aliphatic heterocycles. The lowest BCUT2D eigenvalue weighted by atomic mass is 9.87. The van der Waals surface area contributed by atoms with Gasteiger partial charge in [0, 0.05) is 23.2 Å². The second kappa shape index (κ2) is 7.97. The van der Waals surface area contributed by atoms with Gasteiger partial charge in [-0.1, -0.05) is 85.0 Å². The van der Waals surface area contributed by atoms with Crippen LogP contribution in [0.4, 0.5) is 0 Å². The van der Waals surface area contributed by atoms with Crippen LogP contribution in [0, 0.1) is 0 Å². The van der Waals surface area contributed by atoms with Crippen LogP contribution in [-0.4, -0.2) is 6.54 Å². The Morgan fingerprint density at radius 2 is 1.49 bits per heavy atom. The Kier molecular flexibility index (Phi) is 4.61. The van der Waals surface area contributed by atoms with Gasteiger partial charge in [-0.2, -0.15) is 0 Å². The number of fused-ring (bicyclic) bond motifs is 6. The van der Waals surface area contributed by atoms with Gasteiger partial charge < -0.3 is 10.2 Å². The lowest BCUT2D eigenvalue weighted by Crippen LogP contribution is -2.06. The number of hydrogen-bond donors (Lipinski definition) is 1. The minimum atomic E-state index is 0.325. The van der Waals surface area contributed by atoms with Gasteiger partial charge in [-0.25, -0.2) is 0 Å². The van der Waals surface area contributed by atoms with Crippen LogP contribution in [0.3, 0.4) is 0 Å². The second-order valence-corrected chi connectivity index (χ2v) is 9.44. The predicted octanol–water partition coefficient (Wildman–Crippen LogP) is 8.49. The van der Waals surface area contributed by atoms with Crippen molar-refractivity contribution < 1.29 is 4.42 Å². The molecule has 1 aliphatic rings. The first kappa shape index (κ1) is 20.3. The molecular formula is C33H25NO. The number of benzene rings is 5. The van der Waals surface area contributed by atoms with Crippen LogP contribution >= 0.6 is 0 Å². The van der Waals surface area contributed by atoms with Crippen LogP contribution in [0.1, 0.15) is 17.9 Å². The average Bonchev–Trinajstić information content (AvgIpc) is 3.31. The highest BCUT2D eigenvalue weighted by Crippen LogP contribution is 2.39. The zero-order chi connectivity index (χ0) is 23.4. The number of hydrogen-bond acceptors (Lipinski definition) is 2. The maximum atomic E-state index is 6.29. The molecule has 0 spiro atoms. The Bertz CT molecular complexity index is 1820. The van der Waals surface area contributed by atoms with Crippen molar-refractivity contribution in [1.29, 1.82) is 0 Å². The van der Waals surface area contributed by atoms with Gasteiger partial charge in [-0.3, -0.25) is 0 Å². The molecule has 2 N–H and O–H groups in total. The molecule has 0 saturated heterocycles. The van der Waals surface area contributed by atoms with Crippen molar-refractivity contribution in [2.75, 3.05) is 6.54 Å². The summed E-state index contributed by atoms with van der Waals surface area (Å²) in [5.74, 6) is 0.325. The highest BCUT2D eigenvalue weighted by Gasteiger charge is 2.18. The summed E-state index contributed by atoms with van der Waals surface area (Å²) in [5, 5.41) is 7.50. The summed E-state index contributed by atoms with van der Waals surface area (Å²) < 4.78 is 6.29. The molecule has 0 radical (unpaired) electrons. The maximum absolute atomic E-state index is 6.29. The third kappa shape index (κ3) is 3.30. The minimum Gasteiger partial charge on any atom is -0.456 e. The van der Waals surface area contributed by atoms with Gasteiger partial charge in [0.15, 0.2) is 0 Å². The van der Waals surface area contributed by atoms with Crippen molar-refractivity contribution in [1.82, 2.24) is 0 Å². The molecule has 2 nitrogen and oxygen atoms in total. The minimum absolute atomic E-state index is 0.325. The first-order chi connectivity index (χ1) is 17.3. The normalized spacial score (nSPS) is 15.9. The first-order valence-corrected chi connectivity index (χ1v) is 12.2. The van der Waals surface area contributed by atoms with Gasteiger partial charge in [0.25, 0.3) is 0 Å². The van der Waals surface area contributed by atoms with E-state index >= 15 is 0 Å². The summed E-state index contributed by atoms with van der Waals surface area (Å²) >= 11 is 0. The van der Waals surface area contributed by atoms with E-state index in [1.165, 1.54) is 54.6 Å². The van der Waals surface area contributed by atoms with E-state index in [1.807, 2.05) is 0 Å². The Morgan fingerprint density at radius 3 is 2.31 bits per heavy atom. The molecule has 7 rings (SSSR count). The quantitative estimate of drug-likeness (QED) is 0.274. The Hall–Kier alpha value is -4.14. The first-order valence-electron chi connectivity index (χ1n) is 12.2. The van der Waals surface area contributed by atoms with Crippen LogP contribution in [0.15, 0.2) is 119 Å². The fourth-order valence-electron chi connectivity index (χ4n) is 5.57. The molecule has 1 aromatic heterocycles.